The molecule has 132 valence electrons. The number of piperidine rings is 1. The van der Waals surface area contributed by atoms with Crippen LogP contribution in [0, 0.1) is 6.92 Å². The molecule has 0 radical (unpaired) electrons. The fraction of sp³-hybridized carbons (Fsp3) is 0.556. The van der Waals surface area contributed by atoms with Gasteiger partial charge in [-0.1, -0.05) is 18.2 Å². The summed E-state index contributed by atoms with van der Waals surface area (Å²) in [5, 5.41) is 3.07. The third-order valence-corrected chi connectivity index (χ3v) is 4.23. The van der Waals surface area contributed by atoms with E-state index in [4.69, 9.17) is 10.5 Å². The zero-order chi connectivity index (χ0) is 17.4. The average Bonchev–Trinajstić information content (AvgIpc) is 2.54. The first-order chi connectivity index (χ1) is 11.5. The van der Waals surface area contributed by atoms with Crippen molar-refractivity contribution in [3.63, 3.8) is 0 Å². The number of para-hydroxylation sites is 1. The Balaban J connectivity index is 1.59. The molecule has 0 unspecified atom stereocenters. The molecule has 0 aliphatic carbocycles. The number of nitrogens with one attached hydrogen (secondary N) is 1. The summed E-state index contributed by atoms with van der Waals surface area (Å²) in [6.07, 6.45) is 2.88. The number of hydrogen-bond acceptors (Lipinski definition) is 4. The molecule has 3 N–H and O–H groups in total. The molecule has 0 spiro atoms. The van der Waals surface area contributed by atoms with Gasteiger partial charge in [0, 0.05) is 25.6 Å². The van der Waals surface area contributed by atoms with Crippen molar-refractivity contribution in [3.05, 3.63) is 29.8 Å². The van der Waals surface area contributed by atoms with Gasteiger partial charge in [-0.05, 0) is 37.8 Å². The number of likely N-dealkylation sites (tertiary alicyclic amines) is 1. The van der Waals surface area contributed by atoms with Crippen LogP contribution in [0.1, 0.15) is 31.2 Å². The summed E-state index contributed by atoms with van der Waals surface area (Å²) in [6, 6.07) is 8.06. The first kappa shape index (κ1) is 18.3. The largest absolute Gasteiger partial charge is 0.493 e. The third-order valence-electron chi connectivity index (χ3n) is 4.23. The number of primary amides is 1. The summed E-state index contributed by atoms with van der Waals surface area (Å²) < 4.78 is 5.70. The minimum Gasteiger partial charge on any atom is -0.493 e. The molecule has 1 fully saturated rings. The van der Waals surface area contributed by atoms with Gasteiger partial charge in [0.25, 0.3) is 0 Å². The second kappa shape index (κ2) is 9.27. The van der Waals surface area contributed by atoms with Gasteiger partial charge in [-0.3, -0.25) is 14.5 Å². The molecule has 6 heteroatoms. The SMILES string of the molecule is Cc1ccccc1OCCCC(=O)NC1CCN(CC(N)=O)CC1. The first-order valence-electron chi connectivity index (χ1n) is 8.53. The van der Waals surface area contributed by atoms with Crippen molar-refractivity contribution in [1.29, 1.82) is 0 Å². The maximum atomic E-state index is 12.0. The van der Waals surface area contributed by atoms with E-state index in [-0.39, 0.29) is 17.9 Å². The van der Waals surface area contributed by atoms with Gasteiger partial charge in [0.05, 0.1) is 13.2 Å². The number of carbonyl (C=O) groups is 2. The van der Waals surface area contributed by atoms with E-state index in [0.717, 1.165) is 37.2 Å². The molecule has 0 atom stereocenters. The molecule has 2 rings (SSSR count). The second-order valence-corrected chi connectivity index (χ2v) is 6.30. The van der Waals surface area contributed by atoms with Gasteiger partial charge >= 0.3 is 0 Å². The molecule has 1 aromatic rings. The lowest BCUT2D eigenvalue weighted by Crippen LogP contribution is -2.46. The Morgan fingerprint density at radius 1 is 1.29 bits per heavy atom. The van der Waals surface area contributed by atoms with Gasteiger partial charge < -0.3 is 15.8 Å². The number of rotatable bonds is 8. The van der Waals surface area contributed by atoms with Crippen molar-refractivity contribution in [2.45, 2.75) is 38.6 Å². The maximum Gasteiger partial charge on any atom is 0.231 e. The van der Waals surface area contributed by atoms with Crippen LogP contribution in [0.2, 0.25) is 0 Å². The number of nitrogens with two attached hydrogens (primary N) is 1. The minimum absolute atomic E-state index is 0.0664. The van der Waals surface area contributed by atoms with E-state index in [2.05, 4.69) is 5.32 Å². The van der Waals surface area contributed by atoms with Crippen LogP contribution in [0.4, 0.5) is 0 Å². The van der Waals surface area contributed by atoms with Crippen LogP contribution in [0.5, 0.6) is 5.75 Å². The number of hydrogen-bond donors (Lipinski definition) is 2. The summed E-state index contributed by atoms with van der Waals surface area (Å²) in [5.74, 6) is 0.641. The molecule has 6 nitrogen and oxygen atoms in total. The molecule has 1 saturated heterocycles. The Hall–Kier alpha value is -2.08. The van der Waals surface area contributed by atoms with Gasteiger partial charge in [0.1, 0.15) is 5.75 Å². The van der Waals surface area contributed by atoms with E-state index in [1.54, 1.807) is 0 Å². The zero-order valence-corrected chi connectivity index (χ0v) is 14.3. The summed E-state index contributed by atoms with van der Waals surface area (Å²) in [5.41, 5.74) is 6.30. The Labute approximate surface area is 143 Å². The van der Waals surface area contributed by atoms with Crippen LogP contribution in [-0.4, -0.2) is 49.0 Å². The van der Waals surface area contributed by atoms with Crippen molar-refractivity contribution in [3.8, 4) is 5.75 Å². The Morgan fingerprint density at radius 3 is 2.67 bits per heavy atom. The number of benzene rings is 1. The molecule has 1 aromatic carbocycles. The number of ether oxygens (including phenoxy) is 1. The quantitative estimate of drug-likeness (QED) is 0.701. The van der Waals surface area contributed by atoms with Gasteiger partial charge in [0.2, 0.25) is 11.8 Å². The highest BCUT2D eigenvalue weighted by Gasteiger charge is 2.21. The highest BCUT2D eigenvalue weighted by Crippen LogP contribution is 2.16. The molecule has 0 bridgehead atoms. The standard InChI is InChI=1S/C18H27N3O3/c1-14-5-2-3-6-16(14)24-12-4-7-18(23)20-15-8-10-21(11-9-15)13-17(19)22/h2-3,5-6,15H,4,7-13H2,1H3,(H2,19,22)(H,20,23). The van der Waals surface area contributed by atoms with E-state index in [1.165, 1.54) is 0 Å². The minimum atomic E-state index is -0.300. The first-order valence-corrected chi connectivity index (χ1v) is 8.53. The lowest BCUT2D eigenvalue weighted by Gasteiger charge is -2.31. The third kappa shape index (κ3) is 6.20. The van der Waals surface area contributed by atoms with Crippen LogP contribution in [0.15, 0.2) is 24.3 Å². The second-order valence-electron chi connectivity index (χ2n) is 6.30. The molecule has 1 aliphatic rings. The number of carbonyl (C=O) groups excluding carboxylic acids is 2. The lowest BCUT2D eigenvalue weighted by atomic mass is 10.0. The summed E-state index contributed by atoms with van der Waals surface area (Å²) >= 11 is 0. The molecule has 0 aromatic heterocycles. The van der Waals surface area contributed by atoms with E-state index in [9.17, 15) is 9.59 Å². The smallest absolute Gasteiger partial charge is 0.231 e. The fourth-order valence-electron chi connectivity index (χ4n) is 2.89. The van der Waals surface area contributed by atoms with Gasteiger partial charge in [-0.25, -0.2) is 0 Å². The topological polar surface area (TPSA) is 84.7 Å². The Kier molecular flexibility index (Phi) is 7.06. The highest BCUT2D eigenvalue weighted by atomic mass is 16.5. The molecule has 0 saturated carbocycles. The van der Waals surface area contributed by atoms with Crippen LogP contribution >= 0.6 is 0 Å². The van der Waals surface area contributed by atoms with Crippen LogP contribution < -0.4 is 15.8 Å². The van der Waals surface area contributed by atoms with Crippen LogP contribution in [-0.2, 0) is 9.59 Å². The molecular formula is C18H27N3O3. The van der Waals surface area contributed by atoms with Gasteiger partial charge in [0.15, 0.2) is 0 Å². The highest BCUT2D eigenvalue weighted by molar-refractivity contribution is 5.76. The van der Waals surface area contributed by atoms with Crippen molar-refractivity contribution in [1.82, 2.24) is 10.2 Å². The fourth-order valence-corrected chi connectivity index (χ4v) is 2.89. The number of aryl methyl sites for hydroxylation is 1. The van der Waals surface area contributed by atoms with E-state index < -0.39 is 0 Å². The van der Waals surface area contributed by atoms with Crippen molar-refractivity contribution < 1.29 is 14.3 Å². The molecule has 1 aliphatic heterocycles. The molecular weight excluding hydrogens is 306 g/mol. The van der Waals surface area contributed by atoms with Gasteiger partial charge in [-0.2, -0.15) is 0 Å². The lowest BCUT2D eigenvalue weighted by molar-refractivity contribution is -0.123. The normalized spacial score (nSPS) is 15.9. The predicted molar refractivity (Wildman–Crippen MR) is 92.7 cm³/mol. The summed E-state index contributed by atoms with van der Waals surface area (Å²) in [7, 11) is 0. The van der Waals surface area contributed by atoms with Crippen molar-refractivity contribution in [2.75, 3.05) is 26.2 Å². The van der Waals surface area contributed by atoms with Crippen molar-refractivity contribution in [2.24, 2.45) is 5.73 Å². The summed E-state index contributed by atoms with van der Waals surface area (Å²) in [6.45, 7) is 4.44. The monoisotopic (exact) mass is 333 g/mol. The van der Waals surface area contributed by atoms with E-state index in [1.807, 2.05) is 36.1 Å². The number of amides is 2. The Bertz CT molecular complexity index is 554. The summed E-state index contributed by atoms with van der Waals surface area (Å²) in [4.78, 5) is 24.9. The van der Waals surface area contributed by atoms with Crippen LogP contribution in [0.25, 0.3) is 0 Å². The van der Waals surface area contributed by atoms with Crippen molar-refractivity contribution >= 4 is 11.8 Å². The average molecular weight is 333 g/mol. The van der Waals surface area contributed by atoms with Crippen LogP contribution in [0.3, 0.4) is 0 Å². The maximum absolute atomic E-state index is 12.0. The zero-order valence-electron chi connectivity index (χ0n) is 14.3. The Morgan fingerprint density at radius 2 is 2.00 bits per heavy atom. The van der Waals surface area contributed by atoms with E-state index in [0.29, 0.717) is 26.0 Å². The molecule has 24 heavy (non-hydrogen) atoms. The molecule has 1 heterocycles. The van der Waals surface area contributed by atoms with Gasteiger partial charge in [-0.15, -0.1) is 0 Å². The van der Waals surface area contributed by atoms with E-state index >= 15 is 0 Å². The predicted octanol–water partition coefficient (Wildman–Crippen LogP) is 1.22. The molecule has 2 amide bonds. The number of nitrogens with zero attached hydrogens (tertiary/aromatic N) is 1.